The van der Waals surface area contributed by atoms with Gasteiger partial charge in [-0.2, -0.15) is 0 Å². The van der Waals surface area contributed by atoms with Gasteiger partial charge in [0.25, 0.3) is 0 Å². The Morgan fingerprint density at radius 1 is 1.53 bits per heavy atom. The van der Waals surface area contributed by atoms with E-state index in [2.05, 4.69) is 0 Å². The van der Waals surface area contributed by atoms with Crippen molar-refractivity contribution in [3.63, 3.8) is 0 Å². The van der Waals surface area contributed by atoms with Crippen LogP contribution >= 0.6 is 0 Å². The predicted molar refractivity (Wildman–Crippen MR) is 54.5 cm³/mol. The van der Waals surface area contributed by atoms with Crippen LogP contribution in [0.1, 0.15) is 18.5 Å². The van der Waals surface area contributed by atoms with Gasteiger partial charge in [-0.1, -0.05) is 18.2 Å². The van der Waals surface area contributed by atoms with E-state index >= 15 is 0 Å². The molecule has 2 unspecified atom stereocenters. The van der Waals surface area contributed by atoms with Crippen molar-refractivity contribution in [2.45, 2.75) is 19.0 Å². The summed E-state index contributed by atoms with van der Waals surface area (Å²) in [6, 6.07) is 5.85. The van der Waals surface area contributed by atoms with Crippen LogP contribution in [0.2, 0.25) is 0 Å². The Bertz CT molecular complexity index is 394. The molecule has 0 spiro atoms. The molecule has 1 aromatic rings. The molecule has 2 atom stereocenters. The molecule has 0 radical (unpaired) electrons. The molecule has 1 saturated heterocycles. The van der Waals surface area contributed by atoms with E-state index in [-0.39, 0.29) is 17.8 Å². The molecule has 0 aliphatic carbocycles. The monoisotopic (exact) mass is 208 g/mol. The van der Waals surface area contributed by atoms with E-state index in [0.717, 1.165) is 0 Å². The predicted octanol–water partition coefficient (Wildman–Crippen LogP) is 1.06. The fraction of sp³-hybridized carbons (Fsp3) is 0.364. The Labute approximate surface area is 87.7 Å². The molecule has 1 aliphatic heterocycles. The number of nitrogens with zero attached hydrogens (tertiary/aromatic N) is 1. The first kappa shape index (κ1) is 10.1. The lowest BCUT2D eigenvalue weighted by Gasteiger charge is -2.40. The lowest BCUT2D eigenvalue weighted by atomic mass is 10.00. The van der Waals surface area contributed by atoms with Crippen molar-refractivity contribution in [1.29, 1.82) is 0 Å². The highest BCUT2D eigenvalue weighted by Gasteiger charge is 2.37. The second-order valence-electron chi connectivity index (χ2n) is 3.79. The SMILES string of the molecule is CC(c1ccccc1F)N1CC(N)C1=O. The number of halogens is 1. The molecule has 4 heteroatoms. The van der Waals surface area contributed by atoms with Crippen molar-refractivity contribution in [2.24, 2.45) is 5.73 Å². The maximum atomic E-state index is 13.4. The molecule has 0 saturated carbocycles. The molecule has 0 aromatic heterocycles. The van der Waals surface area contributed by atoms with Gasteiger partial charge in [0.15, 0.2) is 0 Å². The standard InChI is InChI=1S/C11H13FN2O/c1-7(14-6-10(13)11(14)15)8-4-2-3-5-9(8)12/h2-5,7,10H,6,13H2,1H3. The van der Waals surface area contributed by atoms with Crippen LogP contribution in [0.4, 0.5) is 4.39 Å². The number of β-lactam (4-membered cyclic amide) rings is 1. The van der Waals surface area contributed by atoms with Gasteiger partial charge in [-0.3, -0.25) is 4.79 Å². The molecular weight excluding hydrogens is 195 g/mol. The van der Waals surface area contributed by atoms with Crippen molar-refractivity contribution in [3.05, 3.63) is 35.6 Å². The molecule has 15 heavy (non-hydrogen) atoms. The van der Waals surface area contributed by atoms with Crippen LogP contribution in [0.25, 0.3) is 0 Å². The van der Waals surface area contributed by atoms with Crippen LogP contribution in [0.15, 0.2) is 24.3 Å². The van der Waals surface area contributed by atoms with Crippen LogP contribution in [0.3, 0.4) is 0 Å². The first-order valence-corrected chi connectivity index (χ1v) is 4.91. The molecule has 0 bridgehead atoms. The normalized spacial score (nSPS) is 22.5. The minimum atomic E-state index is -0.403. The Kier molecular flexibility index (Phi) is 2.44. The molecule has 1 amide bonds. The van der Waals surface area contributed by atoms with E-state index in [9.17, 15) is 9.18 Å². The number of benzene rings is 1. The van der Waals surface area contributed by atoms with Crippen LogP contribution in [-0.2, 0) is 4.79 Å². The highest BCUT2D eigenvalue weighted by molar-refractivity contribution is 5.88. The van der Waals surface area contributed by atoms with Crippen molar-refractivity contribution in [2.75, 3.05) is 6.54 Å². The minimum Gasteiger partial charge on any atom is -0.332 e. The number of rotatable bonds is 2. The smallest absolute Gasteiger partial charge is 0.241 e. The van der Waals surface area contributed by atoms with Gasteiger partial charge in [0, 0.05) is 12.1 Å². The lowest BCUT2D eigenvalue weighted by molar-refractivity contribution is -0.145. The Morgan fingerprint density at radius 3 is 2.73 bits per heavy atom. The Morgan fingerprint density at radius 2 is 2.20 bits per heavy atom. The van der Waals surface area contributed by atoms with Crippen LogP contribution in [0.5, 0.6) is 0 Å². The third-order valence-electron chi connectivity index (χ3n) is 2.82. The van der Waals surface area contributed by atoms with E-state index in [1.807, 2.05) is 6.92 Å². The van der Waals surface area contributed by atoms with Gasteiger partial charge >= 0.3 is 0 Å². The molecule has 3 nitrogen and oxygen atoms in total. The third-order valence-corrected chi connectivity index (χ3v) is 2.82. The number of hydrogen-bond donors (Lipinski definition) is 1. The van der Waals surface area contributed by atoms with E-state index in [0.29, 0.717) is 12.1 Å². The summed E-state index contributed by atoms with van der Waals surface area (Å²) in [6.07, 6.45) is 0. The number of amides is 1. The third kappa shape index (κ3) is 1.61. The summed E-state index contributed by atoms with van der Waals surface area (Å²) < 4.78 is 13.4. The van der Waals surface area contributed by atoms with Crippen molar-refractivity contribution < 1.29 is 9.18 Å². The number of carbonyl (C=O) groups is 1. The highest BCUT2D eigenvalue weighted by atomic mass is 19.1. The number of hydrogen-bond acceptors (Lipinski definition) is 2. The summed E-state index contributed by atoms with van der Waals surface area (Å²) in [5, 5.41) is 0. The molecule has 1 fully saturated rings. The molecule has 1 heterocycles. The van der Waals surface area contributed by atoms with Gasteiger partial charge in [0.05, 0.1) is 6.04 Å². The number of nitrogens with two attached hydrogens (primary N) is 1. The fourth-order valence-corrected chi connectivity index (χ4v) is 1.81. The Balaban J connectivity index is 2.19. The molecule has 1 aliphatic rings. The minimum absolute atomic E-state index is 0.106. The summed E-state index contributed by atoms with van der Waals surface area (Å²) in [6.45, 7) is 2.32. The molecule has 2 N–H and O–H groups in total. The molecule has 1 aromatic carbocycles. The maximum Gasteiger partial charge on any atom is 0.241 e. The van der Waals surface area contributed by atoms with Gasteiger partial charge in [-0.25, -0.2) is 4.39 Å². The van der Waals surface area contributed by atoms with E-state index in [4.69, 9.17) is 5.73 Å². The number of carbonyl (C=O) groups excluding carboxylic acids is 1. The first-order chi connectivity index (χ1) is 7.11. The molecule has 2 rings (SSSR count). The topological polar surface area (TPSA) is 46.3 Å². The largest absolute Gasteiger partial charge is 0.332 e. The van der Waals surface area contributed by atoms with Crippen molar-refractivity contribution in [1.82, 2.24) is 4.90 Å². The summed E-state index contributed by atoms with van der Waals surface area (Å²) in [5.74, 6) is -0.385. The Hall–Kier alpha value is -1.42. The first-order valence-electron chi connectivity index (χ1n) is 4.91. The second-order valence-corrected chi connectivity index (χ2v) is 3.79. The van der Waals surface area contributed by atoms with Crippen LogP contribution < -0.4 is 5.73 Å². The highest BCUT2D eigenvalue weighted by Crippen LogP contribution is 2.27. The van der Waals surface area contributed by atoms with Gasteiger partial charge in [0.2, 0.25) is 5.91 Å². The van der Waals surface area contributed by atoms with Gasteiger partial charge in [-0.05, 0) is 13.0 Å². The summed E-state index contributed by atoms with van der Waals surface area (Å²) in [4.78, 5) is 13.0. The van der Waals surface area contributed by atoms with Crippen molar-refractivity contribution >= 4 is 5.91 Å². The average molecular weight is 208 g/mol. The van der Waals surface area contributed by atoms with Crippen molar-refractivity contribution in [3.8, 4) is 0 Å². The van der Waals surface area contributed by atoms with Gasteiger partial charge in [-0.15, -0.1) is 0 Å². The lowest BCUT2D eigenvalue weighted by Crippen LogP contribution is -2.61. The maximum absolute atomic E-state index is 13.4. The molecule has 80 valence electrons. The van der Waals surface area contributed by atoms with Gasteiger partial charge in [0.1, 0.15) is 11.9 Å². The van der Waals surface area contributed by atoms with Gasteiger partial charge < -0.3 is 10.6 Å². The van der Waals surface area contributed by atoms with E-state index < -0.39 is 6.04 Å². The second kappa shape index (κ2) is 3.62. The zero-order valence-corrected chi connectivity index (χ0v) is 8.48. The fourth-order valence-electron chi connectivity index (χ4n) is 1.81. The zero-order valence-electron chi connectivity index (χ0n) is 8.48. The quantitative estimate of drug-likeness (QED) is 0.738. The zero-order chi connectivity index (χ0) is 11.0. The van der Waals surface area contributed by atoms with E-state index in [1.54, 1.807) is 23.1 Å². The van der Waals surface area contributed by atoms with Crippen LogP contribution in [-0.4, -0.2) is 23.4 Å². The molecular formula is C11H13FN2O. The number of likely N-dealkylation sites (tertiary alicyclic amines) is 1. The summed E-state index contributed by atoms with van der Waals surface area (Å²) >= 11 is 0. The van der Waals surface area contributed by atoms with Crippen LogP contribution in [0, 0.1) is 5.82 Å². The summed E-state index contributed by atoms with van der Waals surface area (Å²) in [5.41, 5.74) is 6.02. The average Bonchev–Trinajstić information content (AvgIpc) is 2.25. The summed E-state index contributed by atoms with van der Waals surface area (Å²) in [7, 11) is 0. The van der Waals surface area contributed by atoms with E-state index in [1.165, 1.54) is 6.07 Å².